The number of nitrogens with one attached hydrogen (secondary N) is 1. The fourth-order valence-corrected chi connectivity index (χ4v) is 2.51. The van der Waals surface area contributed by atoms with Crippen LogP contribution in [0.1, 0.15) is 18.1 Å². The Kier molecular flexibility index (Phi) is 3.06. The molecule has 1 nitrogen and oxygen atoms in total. The van der Waals surface area contributed by atoms with Crippen molar-refractivity contribution < 1.29 is 13.2 Å². The van der Waals surface area contributed by atoms with Gasteiger partial charge in [0.2, 0.25) is 0 Å². The van der Waals surface area contributed by atoms with E-state index < -0.39 is 11.7 Å². The van der Waals surface area contributed by atoms with Crippen LogP contribution in [0, 0.1) is 0 Å². The van der Waals surface area contributed by atoms with Gasteiger partial charge < -0.3 is 5.32 Å². The lowest BCUT2D eigenvalue weighted by Crippen LogP contribution is -2.11. The molecule has 1 atom stereocenters. The van der Waals surface area contributed by atoms with Crippen LogP contribution < -0.4 is 5.32 Å². The monoisotopic (exact) mass is 247 g/mol. The second kappa shape index (κ2) is 4.20. The predicted molar refractivity (Wildman–Crippen MR) is 60.7 cm³/mol. The molecular formula is C11H12F3NS. The van der Waals surface area contributed by atoms with Crippen molar-refractivity contribution in [1.82, 2.24) is 0 Å². The highest BCUT2D eigenvalue weighted by Crippen LogP contribution is 2.34. The lowest BCUT2D eigenvalue weighted by molar-refractivity contribution is -0.137. The normalized spacial score (nSPS) is 20.9. The van der Waals surface area contributed by atoms with E-state index in [2.05, 4.69) is 12.2 Å². The predicted octanol–water partition coefficient (Wildman–Crippen LogP) is 3.75. The van der Waals surface area contributed by atoms with Crippen molar-refractivity contribution in [2.45, 2.75) is 24.1 Å². The van der Waals surface area contributed by atoms with Gasteiger partial charge in [0, 0.05) is 23.2 Å². The molecule has 1 heterocycles. The van der Waals surface area contributed by atoms with Crippen molar-refractivity contribution in [3.63, 3.8) is 0 Å². The zero-order valence-corrected chi connectivity index (χ0v) is 9.58. The zero-order chi connectivity index (χ0) is 11.8. The Hall–Kier alpha value is -0.840. The molecule has 0 aliphatic carbocycles. The largest absolute Gasteiger partial charge is 0.416 e. The van der Waals surface area contributed by atoms with Crippen molar-refractivity contribution in [3.05, 3.63) is 29.3 Å². The highest BCUT2D eigenvalue weighted by Gasteiger charge is 2.31. The minimum absolute atomic E-state index is 0.418. The Morgan fingerprint density at radius 3 is 2.81 bits per heavy atom. The van der Waals surface area contributed by atoms with Crippen LogP contribution in [-0.2, 0) is 11.9 Å². The van der Waals surface area contributed by atoms with Gasteiger partial charge in [0.1, 0.15) is 0 Å². The third kappa shape index (κ3) is 2.45. The molecule has 5 heteroatoms. The molecule has 88 valence electrons. The van der Waals surface area contributed by atoms with Crippen molar-refractivity contribution >= 4 is 17.4 Å². The van der Waals surface area contributed by atoms with Gasteiger partial charge in [-0.15, -0.1) is 0 Å². The summed E-state index contributed by atoms with van der Waals surface area (Å²) in [5.74, 6) is 0.632. The molecule has 16 heavy (non-hydrogen) atoms. The van der Waals surface area contributed by atoms with Crippen LogP contribution in [0.5, 0.6) is 0 Å². The second-order valence-corrected chi connectivity index (χ2v) is 5.30. The molecule has 1 unspecified atom stereocenters. The van der Waals surface area contributed by atoms with Crippen LogP contribution in [0.3, 0.4) is 0 Å². The van der Waals surface area contributed by atoms with Crippen LogP contribution in [0.4, 0.5) is 18.9 Å². The van der Waals surface area contributed by atoms with Crippen molar-refractivity contribution in [2.24, 2.45) is 0 Å². The van der Waals surface area contributed by atoms with Crippen molar-refractivity contribution in [3.8, 4) is 0 Å². The first-order valence-electron chi connectivity index (χ1n) is 5.02. The summed E-state index contributed by atoms with van der Waals surface area (Å²) in [4.78, 5) is 0. The fourth-order valence-electron chi connectivity index (χ4n) is 1.61. The molecule has 0 amide bonds. The summed E-state index contributed by atoms with van der Waals surface area (Å²) in [6.07, 6.45) is -4.25. The molecule has 2 rings (SSSR count). The van der Waals surface area contributed by atoms with Gasteiger partial charge >= 0.3 is 6.18 Å². The lowest BCUT2D eigenvalue weighted by atomic mass is 10.1. The van der Waals surface area contributed by atoms with Crippen LogP contribution in [0.2, 0.25) is 0 Å². The molecular weight excluding hydrogens is 235 g/mol. The molecule has 0 fully saturated rings. The Labute approximate surface area is 96.4 Å². The number of thioether (sulfide) groups is 1. The SMILES string of the molecule is CC1CNc2ccc(C(F)(F)F)cc2CS1. The first-order valence-corrected chi connectivity index (χ1v) is 6.07. The highest BCUT2D eigenvalue weighted by molar-refractivity contribution is 7.99. The summed E-state index contributed by atoms with van der Waals surface area (Å²) < 4.78 is 37.5. The summed E-state index contributed by atoms with van der Waals surface area (Å²) in [5.41, 5.74) is 0.997. The van der Waals surface area contributed by atoms with E-state index in [0.29, 0.717) is 11.0 Å². The van der Waals surface area contributed by atoms with Gasteiger partial charge in [-0.3, -0.25) is 0 Å². The third-order valence-corrected chi connectivity index (χ3v) is 3.75. The maximum absolute atomic E-state index is 12.5. The number of alkyl halides is 3. The molecule has 1 aromatic rings. The van der Waals surface area contributed by atoms with E-state index in [0.717, 1.165) is 23.9 Å². The minimum atomic E-state index is -4.25. The molecule has 0 radical (unpaired) electrons. The maximum Gasteiger partial charge on any atom is 0.416 e. The van der Waals surface area contributed by atoms with Crippen LogP contribution in [0.15, 0.2) is 18.2 Å². The molecule has 1 aliphatic rings. The summed E-state index contributed by atoms with van der Waals surface area (Å²) in [7, 11) is 0. The smallest absolute Gasteiger partial charge is 0.384 e. The quantitative estimate of drug-likeness (QED) is 0.749. The van der Waals surface area contributed by atoms with E-state index in [4.69, 9.17) is 0 Å². The number of benzene rings is 1. The topological polar surface area (TPSA) is 12.0 Å². The lowest BCUT2D eigenvalue weighted by Gasteiger charge is -2.11. The second-order valence-electron chi connectivity index (χ2n) is 3.87. The molecule has 0 bridgehead atoms. The van der Waals surface area contributed by atoms with E-state index in [1.807, 2.05) is 0 Å². The molecule has 0 spiro atoms. The van der Waals surface area contributed by atoms with Crippen LogP contribution in [0.25, 0.3) is 0 Å². The summed E-state index contributed by atoms with van der Waals surface area (Å²) in [6, 6.07) is 3.90. The average molecular weight is 247 g/mol. The molecule has 1 aliphatic heterocycles. The number of anilines is 1. The van der Waals surface area contributed by atoms with Crippen LogP contribution in [-0.4, -0.2) is 11.8 Å². The third-order valence-electron chi connectivity index (χ3n) is 2.54. The van der Waals surface area contributed by atoms with Crippen LogP contribution >= 0.6 is 11.8 Å². The Morgan fingerprint density at radius 2 is 2.12 bits per heavy atom. The first-order chi connectivity index (χ1) is 7.47. The first kappa shape index (κ1) is 11.6. The van der Waals surface area contributed by atoms with E-state index in [1.165, 1.54) is 12.1 Å². The zero-order valence-electron chi connectivity index (χ0n) is 8.77. The van der Waals surface area contributed by atoms with Crippen molar-refractivity contribution in [2.75, 3.05) is 11.9 Å². The highest BCUT2D eigenvalue weighted by atomic mass is 32.2. The van der Waals surface area contributed by atoms with E-state index in [1.54, 1.807) is 11.8 Å². The number of fused-ring (bicyclic) bond motifs is 1. The van der Waals surface area contributed by atoms with Gasteiger partial charge in [-0.2, -0.15) is 24.9 Å². The summed E-state index contributed by atoms with van der Waals surface area (Å²) in [5, 5.41) is 3.58. The van der Waals surface area contributed by atoms with Gasteiger partial charge in [-0.1, -0.05) is 6.92 Å². The molecule has 0 saturated carbocycles. The average Bonchev–Trinajstić information content (AvgIpc) is 2.39. The Bertz CT molecular complexity index is 389. The van der Waals surface area contributed by atoms with E-state index in [9.17, 15) is 13.2 Å². The molecule has 0 saturated heterocycles. The minimum Gasteiger partial charge on any atom is -0.384 e. The number of halogens is 3. The Morgan fingerprint density at radius 1 is 1.38 bits per heavy atom. The molecule has 1 N–H and O–H groups in total. The molecule has 1 aromatic carbocycles. The van der Waals surface area contributed by atoms with Gasteiger partial charge in [0.25, 0.3) is 0 Å². The fraction of sp³-hybridized carbons (Fsp3) is 0.455. The van der Waals surface area contributed by atoms with E-state index >= 15 is 0 Å². The van der Waals surface area contributed by atoms with Crippen molar-refractivity contribution in [1.29, 1.82) is 0 Å². The summed E-state index contributed by atoms with van der Waals surface area (Å²) in [6.45, 7) is 2.86. The Balaban J connectivity index is 2.32. The maximum atomic E-state index is 12.5. The molecule has 0 aromatic heterocycles. The van der Waals surface area contributed by atoms with E-state index in [-0.39, 0.29) is 0 Å². The van der Waals surface area contributed by atoms with Gasteiger partial charge in [-0.05, 0) is 23.8 Å². The van der Waals surface area contributed by atoms with Gasteiger partial charge in [-0.25, -0.2) is 0 Å². The van der Waals surface area contributed by atoms with Gasteiger partial charge in [0.15, 0.2) is 0 Å². The number of hydrogen-bond acceptors (Lipinski definition) is 2. The standard InChI is InChI=1S/C11H12F3NS/c1-7-5-15-10-3-2-9(11(12,13)14)4-8(10)6-16-7/h2-4,7,15H,5-6H2,1H3. The van der Waals surface area contributed by atoms with Gasteiger partial charge in [0.05, 0.1) is 5.56 Å². The summed E-state index contributed by atoms with van der Waals surface area (Å²) >= 11 is 1.67. The number of hydrogen-bond donors (Lipinski definition) is 1. The number of rotatable bonds is 0.